The number of amides is 1. The van der Waals surface area contributed by atoms with Gasteiger partial charge in [0.25, 0.3) is 5.91 Å². The van der Waals surface area contributed by atoms with Crippen LogP contribution in [0.4, 0.5) is 0 Å². The maximum absolute atomic E-state index is 14.4. The molecular formula is C34H32Cl2N6O4. The number of azide groups is 1. The third-order valence-electron chi connectivity index (χ3n) is 7.49. The van der Waals surface area contributed by atoms with Crippen LogP contribution in [0.5, 0.6) is 5.75 Å². The Kier molecular flexibility index (Phi) is 11.1. The number of carbonyl (C=O) groups excluding carboxylic acids is 1. The van der Waals surface area contributed by atoms with Crippen LogP contribution >= 0.6 is 23.2 Å². The van der Waals surface area contributed by atoms with Crippen LogP contribution in [-0.2, 0) is 29.0 Å². The first-order valence-electron chi connectivity index (χ1n) is 14.6. The highest BCUT2D eigenvalue weighted by Crippen LogP contribution is 2.43. The molecule has 236 valence electrons. The minimum absolute atomic E-state index is 0.0437. The lowest BCUT2D eigenvalue weighted by atomic mass is 9.81. The maximum Gasteiger partial charge on any atom is 0.266 e. The fourth-order valence-corrected chi connectivity index (χ4v) is 5.50. The Balaban J connectivity index is 1.53. The second-order valence-electron chi connectivity index (χ2n) is 10.6. The zero-order valence-corrected chi connectivity index (χ0v) is 26.3. The van der Waals surface area contributed by atoms with Crippen molar-refractivity contribution in [2.24, 2.45) is 10.1 Å². The van der Waals surface area contributed by atoms with Gasteiger partial charge in [-0.25, -0.2) is 10.4 Å². The van der Waals surface area contributed by atoms with Crippen LogP contribution in [0.15, 0.2) is 107 Å². The summed E-state index contributed by atoms with van der Waals surface area (Å²) in [7, 11) is 0. The molecule has 1 aliphatic heterocycles. The lowest BCUT2D eigenvalue weighted by Gasteiger charge is -2.31. The molecular weight excluding hydrogens is 627 g/mol. The first-order chi connectivity index (χ1) is 22.4. The summed E-state index contributed by atoms with van der Waals surface area (Å²) in [5.41, 5.74) is 17.2. The number of aliphatic hydroxyl groups is 1. The molecule has 5 rings (SSSR count). The summed E-state index contributed by atoms with van der Waals surface area (Å²) in [5.74, 6) is 0.514. The van der Waals surface area contributed by atoms with E-state index in [1.165, 1.54) is 0 Å². The number of hydrogen-bond donors (Lipinski definition) is 3. The number of carbonyl (C=O) groups is 1. The number of ether oxygens (including phenoxy) is 2. The lowest BCUT2D eigenvalue weighted by Crippen LogP contribution is -2.53. The molecule has 2 atom stereocenters. The fourth-order valence-electron chi connectivity index (χ4n) is 5.18. The van der Waals surface area contributed by atoms with Gasteiger partial charge in [0.1, 0.15) is 5.75 Å². The van der Waals surface area contributed by atoms with Gasteiger partial charge in [-0.05, 0) is 64.2 Å². The van der Waals surface area contributed by atoms with Gasteiger partial charge in [-0.1, -0.05) is 89.0 Å². The Morgan fingerprint density at radius 3 is 2.46 bits per heavy atom. The second kappa shape index (κ2) is 15.6. The number of aliphatic hydroxyl groups excluding tert-OH is 1. The minimum atomic E-state index is -1.47. The van der Waals surface area contributed by atoms with E-state index in [0.29, 0.717) is 40.3 Å². The molecule has 1 heterocycles. The third kappa shape index (κ3) is 7.80. The van der Waals surface area contributed by atoms with Gasteiger partial charge in [0.15, 0.2) is 11.6 Å². The molecule has 0 fully saturated rings. The van der Waals surface area contributed by atoms with Gasteiger partial charge >= 0.3 is 0 Å². The third-order valence-corrected chi connectivity index (χ3v) is 8.23. The molecule has 0 aromatic heterocycles. The Morgan fingerprint density at radius 2 is 1.74 bits per heavy atom. The van der Waals surface area contributed by atoms with Crippen LogP contribution in [0.3, 0.4) is 0 Å². The molecule has 0 unspecified atom stereocenters. The zero-order chi connectivity index (χ0) is 32.4. The Labute approximate surface area is 276 Å². The maximum atomic E-state index is 14.4. The van der Waals surface area contributed by atoms with Gasteiger partial charge in [0.05, 0.1) is 23.2 Å². The highest BCUT2D eigenvalue weighted by molar-refractivity contribution is 6.42. The van der Waals surface area contributed by atoms with Gasteiger partial charge in [0.2, 0.25) is 5.90 Å². The molecule has 1 aliphatic rings. The van der Waals surface area contributed by atoms with E-state index >= 15 is 0 Å². The largest absolute Gasteiger partial charge is 0.494 e. The van der Waals surface area contributed by atoms with E-state index in [1.807, 2.05) is 72.8 Å². The van der Waals surface area contributed by atoms with Gasteiger partial charge in [-0.2, -0.15) is 0 Å². The smallest absolute Gasteiger partial charge is 0.266 e. The summed E-state index contributed by atoms with van der Waals surface area (Å²) in [6, 6.07) is 29.4. The van der Waals surface area contributed by atoms with Gasteiger partial charge in [-0.15, -0.1) is 0 Å². The van der Waals surface area contributed by atoms with Gasteiger partial charge in [0, 0.05) is 36.5 Å². The van der Waals surface area contributed by atoms with Crippen molar-refractivity contribution in [3.05, 3.63) is 145 Å². The van der Waals surface area contributed by atoms with Crippen LogP contribution in [0, 0.1) is 0 Å². The molecule has 0 bridgehead atoms. The quantitative estimate of drug-likeness (QED) is 0.0445. The molecule has 0 saturated heterocycles. The Hall–Kier alpha value is -4.57. The van der Waals surface area contributed by atoms with E-state index in [2.05, 4.69) is 20.9 Å². The average molecular weight is 660 g/mol. The number of nitrogens with one attached hydrogen (secondary N) is 2. The number of benzene rings is 4. The standard InChI is InChI=1S/C34H32Cl2N6O4/c35-29-16-11-23(19-30(29)36)21-38-41-33(44)34(20-26-9-4-5-10-27(26)22-39-42-37)31(24-7-2-1-3-8-24)46-32(40-34)25-12-14-28(15-13-25)45-18-6-17-43/h1-5,7-16,19,31,38,43H,6,17-18,20-22H2,(H,41,44)/t31-,34-/m0/s1. The van der Waals surface area contributed by atoms with E-state index in [0.717, 1.165) is 22.3 Å². The van der Waals surface area contributed by atoms with Crippen LogP contribution in [-0.4, -0.2) is 35.7 Å². The van der Waals surface area contributed by atoms with Crippen molar-refractivity contribution in [3.63, 3.8) is 0 Å². The van der Waals surface area contributed by atoms with Crippen molar-refractivity contribution in [2.75, 3.05) is 13.2 Å². The fraction of sp³-hybridized carbons (Fsp3) is 0.235. The molecule has 3 N–H and O–H groups in total. The van der Waals surface area contributed by atoms with Crippen molar-refractivity contribution in [3.8, 4) is 5.75 Å². The number of aliphatic imine (C=N–C) groups is 1. The summed E-state index contributed by atoms with van der Waals surface area (Å²) in [4.78, 5) is 22.4. The number of hydrogen-bond acceptors (Lipinski definition) is 7. The van der Waals surface area contributed by atoms with Crippen molar-refractivity contribution in [1.29, 1.82) is 0 Å². The number of rotatable bonds is 14. The lowest BCUT2D eigenvalue weighted by molar-refractivity contribution is -0.130. The Morgan fingerprint density at radius 1 is 1.00 bits per heavy atom. The van der Waals surface area contributed by atoms with Crippen molar-refractivity contribution in [2.45, 2.75) is 37.6 Å². The van der Waals surface area contributed by atoms with Crippen molar-refractivity contribution >= 4 is 35.0 Å². The van der Waals surface area contributed by atoms with E-state index in [1.54, 1.807) is 24.3 Å². The predicted molar refractivity (Wildman–Crippen MR) is 178 cm³/mol. The molecule has 0 saturated carbocycles. The van der Waals surface area contributed by atoms with E-state index in [9.17, 15) is 4.79 Å². The highest BCUT2D eigenvalue weighted by atomic mass is 35.5. The summed E-state index contributed by atoms with van der Waals surface area (Å²) in [5, 5.41) is 13.7. The molecule has 10 nitrogen and oxygen atoms in total. The molecule has 4 aromatic carbocycles. The molecule has 4 aromatic rings. The molecule has 46 heavy (non-hydrogen) atoms. The first kappa shape index (κ1) is 32.8. The molecule has 12 heteroatoms. The van der Waals surface area contributed by atoms with E-state index in [4.69, 9.17) is 48.3 Å². The normalized spacial score (nSPS) is 17.0. The highest BCUT2D eigenvalue weighted by Gasteiger charge is 2.53. The van der Waals surface area contributed by atoms with Crippen LogP contribution in [0.1, 0.15) is 40.3 Å². The first-order valence-corrected chi connectivity index (χ1v) is 15.4. The van der Waals surface area contributed by atoms with Crippen LogP contribution < -0.4 is 15.6 Å². The molecule has 0 aliphatic carbocycles. The number of halogens is 2. The molecule has 1 amide bonds. The second-order valence-corrected chi connectivity index (χ2v) is 11.4. The summed E-state index contributed by atoms with van der Waals surface area (Å²) >= 11 is 12.3. The monoisotopic (exact) mass is 658 g/mol. The summed E-state index contributed by atoms with van der Waals surface area (Å²) in [6.45, 7) is 0.821. The SMILES string of the molecule is [N-]=[N+]=NCc1ccccc1C[C@]1(C(=O)NNCc2ccc(Cl)c(Cl)c2)N=C(c2ccc(OCCCO)cc2)O[C@H]1c1ccccc1. The van der Waals surface area contributed by atoms with E-state index in [-0.39, 0.29) is 26.1 Å². The van der Waals surface area contributed by atoms with Gasteiger partial charge in [-0.3, -0.25) is 10.2 Å². The zero-order valence-electron chi connectivity index (χ0n) is 24.8. The van der Waals surface area contributed by atoms with Crippen molar-refractivity contribution in [1.82, 2.24) is 10.9 Å². The summed E-state index contributed by atoms with van der Waals surface area (Å²) < 4.78 is 12.3. The summed E-state index contributed by atoms with van der Waals surface area (Å²) in [6.07, 6.45) is -0.132. The number of nitrogens with zero attached hydrogens (tertiary/aromatic N) is 4. The van der Waals surface area contributed by atoms with Crippen molar-refractivity contribution < 1.29 is 19.4 Å². The average Bonchev–Trinajstić information content (AvgIpc) is 3.47. The van der Waals surface area contributed by atoms with E-state index < -0.39 is 17.6 Å². The minimum Gasteiger partial charge on any atom is -0.494 e. The van der Waals surface area contributed by atoms with Gasteiger partial charge < -0.3 is 14.6 Å². The molecule has 0 radical (unpaired) electrons. The topological polar surface area (TPSA) is 141 Å². The predicted octanol–water partition coefficient (Wildman–Crippen LogP) is 6.89. The van der Waals surface area contributed by atoms with Crippen LogP contribution in [0.2, 0.25) is 10.0 Å². The van der Waals surface area contributed by atoms with Crippen LogP contribution in [0.25, 0.3) is 10.4 Å². The Bertz CT molecular complexity index is 1730. The molecule has 0 spiro atoms. The number of hydrazine groups is 1.